The zero-order valence-electron chi connectivity index (χ0n) is 14.4. The second-order valence-electron chi connectivity index (χ2n) is 6.24. The van der Waals surface area contributed by atoms with E-state index in [1.165, 1.54) is 0 Å². The first-order valence-corrected chi connectivity index (χ1v) is 9.40. The van der Waals surface area contributed by atoms with Crippen LogP contribution >= 0.6 is 23.2 Å². The molecule has 26 heavy (non-hydrogen) atoms. The van der Waals surface area contributed by atoms with Crippen LogP contribution in [-0.2, 0) is 6.42 Å². The van der Waals surface area contributed by atoms with Crippen LogP contribution in [0.4, 0.5) is 5.82 Å². The molecule has 4 nitrogen and oxygen atoms in total. The van der Waals surface area contributed by atoms with Crippen molar-refractivity contribution in [1.29, 1.82) is 0 Å². The van der Waals surface area contributed by atoms with E-state index in [9.17, 15) is 0 Å². The molecule has 0 atom stereocenters. The Morgan fingerprint density at radius 2 is 1.81 bits per heavy atom. The van der Waals surface area contributed by atoms with Crippen LogP contribution in [0.1, 0.15) is 18.4 Å². The molecular weight excluding hydrogens is 369 g/mol. The Hall–Kier alpha value is -2.17. The van der Waals surface area contributed by atoms with Crippen molar-refractivity contribution >= 4 is 29.0 Å². The number of hydrogen-bond acceptors (Lipinski definition) is 3. The van der Waals surface area contributed by atoms with Gasteiger partial charge in [0.2, 0.25) is 0 Å². The lowest BCUT2D eigenvalue weighted by molar-refractivity contribution is 0.412. The van der Waals surface area contributed by atoms with Crippen LogP contribution in [0.2, 0.25) is 10.0 Å². The summed E-state index contributed by atoms with van der Waals surface area (Å²) in [5.41, 5.74) is 3.64. The minimum Gasteiger partial charge on any atom is -0.494 e. The van der Waals surface area contributed by atoms with Gasteiger partial charge in [-0.25, -0.2) is 4.68 Å². The van der Waals surface area contributed by atoms with Crippen LogP contribution in [0.25, 0.3) is 16.9 Å². The van der Waals surface area contributed by atoms with Gasteiger partial charge in [0.05, 0.1) is 17.2 Å². The molecular formula is C20H19Cl2N3O. The second kappa shape index (κ2) is 7.22. The number of halogens is 2. The van der Waals surface area contributed by atoms with Crippen molar-refractivity contribution in [3.8, 4) is 22.7 Å². The van der Waals surface area contributed by atoms with E-state index in [2.05, 4.69) is 5.32 Å². The number of ether oxygens (including phenoxy) is 1. The Balaban J connectivity index is 1.99. The highest BCUT2D eigenvalue weighted by atomic mass is 35.5. The van der Waals surface area contributed by atoms with Crippen molar-refractivity contribution in [3.05, 3.63) is 58.1 Å². The molecule has 2 heterocycles. The molecule has 0 bridgehead atoms. The predicted octanol–water partition coefficient (Wildman–Crippen LogP) is 5.60. The third-order valence-corrected chi connectivity index (χ3v) is 5.27. The van der Waals surface area contributed by atoms with E-state index >= 15 is 0 Å². The Bertz CT molecular complexity index is 932. The third kappa shape index (κ3) is 2.93. The number of methoxy groups -OCH3 is 1. The highest BCUT2D eigenvalue weighted by Gasteiger charge is 2.25. The minimum absolute atomic E-state index is 0.606. The highest BCUT2D eigenvalue weighted by Crippen LogP contribution is 2.41. The number of anilines is 1. The van der Waals surface area contributed by atoms with Gasteiger partial charge in [-0.3, -0.25) is 0 Å². The minimum atomic E-state index is 0.606. The molecule has 134 valence electrons. The largest absolute Gasteiger partial charge is 0.494 e. The molecule has 1 aliphatic rings. The van der Waals surface area contributed by atoms with Crippen molar-refractivity contribution in [3.63, 3.8) is 0 Å². The van der Waals surface area contributed by atoms with Crippen LogP contribution < -0.4 is 10.1 Å². The van der Waals surface area contributed by atoms with Crippen LogP contribution in [0, 0.1) is 0 Å². The predicted molar refractivity (Wildman–Crippen MR) is 107 cm³/mol. The Morgan fingerprint density at radius 1 is 1.04 bits per heavy atom. The average Bonchev–Trinajstić information content (AvgIpc) is 2.83. The molecule has 3 aromatic rings. The van der Waals surface area contributed by atoms with Crippen molar-refractivity contribution in [2.45, 2.75) is 19.3 Å². The summed E-state index contributed by atoms with van der Waals surface area (Å²) in [5.74, 6) is 1.75. The van der Waals surface area contributed by atoms with E-state index in [0.29, 0.717) is 10.0 Å². The molecule has 1 N–H and O–H groups in total. The summed E-state index contributed by atoms with van der Waals surface area (Å²) in [6.07, 6.45) is 3.12. The van der Waals surface area contributed by atoms with Crippen LogP contribution in [0.3, 0.4) is 0 Å². The van der Waals surface area contributed by atoms with Gasteiger partial charge < -0.3 is 10.1 Å². The van der Waals surface area contributed by atoms with E-state index in [4.69, 9.17) is 33.0 Å². The van der Waals surface area contributed by atoms with Gasteiger partial charge in [-0.2, -0.15) is 5.10 Å². The first kappa shape index (κ1) is 17.3. The number of aromatic nitrogens is 2. The first-order chi connectivity index (χ1) is 12.7. The topological polar surface area (TPSA) is 39.1 Å². The number of para-hydroxylation sites is 2. The molecule has 0 saturated heterocycles. The number of nitrogens with one attached hydrogen (secondary N) is 1. The quantitative estimate of drug-likeness (QED) is 0.635. The van der Waals surface area contributed by atoms with Crippen molar-refractivity contribution < 1.29 is 4.74 Å². The standard InChI is InChI=1S/C20H19Cl2N3O/c1-26-17-11-3-2-10-16(17)25-20-13(7-4-5-12-23-20)19(24-25)18-14(21)8-6-9-15(18)22/h2-3,6,8-11,23H,4-5,7,12H2,1H3. The molecule has 2 aromatic carbocycles. The number of benzene rings is 2. The molecule has 6 heteroatoms. The lowest BCUT2D eigenvalue weighted by Crippen LogP contribution is -2.08. The summed E-state index contributed by atoms with van der Waals surface area (Å²) in [7, 11) is 1.67. The molecule has 4 rings (SSSR count). The van der Waals surface area contributed by atoms with Crippen LogP contribution in [0.15, 0.2) is 42.5 Å². The van der Waals surface area contributed by atoms with Gasteiger partial charge in [-0.15, -0.1) is 0 Å². The van der Waals surface area contributed by atoms with Crippen LogP contribution in [0.5, 0.6) is 5.75 Å². The van der Waals surface area contributed by atoms with E-state index in [-0.39, 0.29) is 0 Å². The summed E-state index contributed by atoms with van der Waals surface area (Å²) in [6, 6.07) is 13.4. The fraction of sp³-hybridized carbons (Fsp3) is 0.250. The number of nitrogens with zero attached hydrogens (tertiary/aromatic N) is 2. The van der Waals surface area contributed by atoms with Gasteiger partial charge in [0.25, 0.3) is 0 Å². The van der Waals surface area contributed by atoms with Gasteiger partial charge in [-0.05, 0) is 43.5 Å². The Kier molecular flexibility index (Phi) is 4.79. The molecule has 1 aliphatic heterocycles. The van der Waals surface area contributed by atoms with Crippen molar-refractivity contribution in [1.82, 2.24) is 9.78 Å². The second-order valence-corrected chi connectivity index (χ2v) is 7.05. The average molecular weight is 388 g/mol. The molecule has 0 radical (unpaired) electrons. The van der Waals surface area contributed by atoms with Gasteiger partial charge >= 0.3 is 0 Å². The van der Waals surface area contributed by atoms with Gasteiger partial charge in [0.1, 0.15) is 22.9 Å². The summed E-state index contributed by atoms with van der Waals surface area (Å²) in [5, 5.41) is 9.65. The number of fused-ring (bicyclic) bond motifs is 1. The molecule has 0 unspecified atom stereocenters. The maximum absolute atomic E-state index is 6.48. The van der Waals surface area contributed by atoms with Gasteiger partial charge in [-0.1, -0.05) is 41.4 Å². The van der Waals surface area contributed by atoms with Crippen molar-refractivity contribution in [2.75, 3.05) is 19.0 Å². The molecule has 0 amide bonds. The number of hydrogen-bond donors (Lipinski definition) is 1. The fourth-order valence-corrected chi connectivity index (χ4v) is 3.98. The zero-order valence-corrected chi connectivity index (χ0v) is 15.9. The highest BCUT2D eigenvalue weighted by molar-refractivity contribution is 6.39. The molecule has 0 aliphatic carbocycles. The zero-order chi connectivity index (χ0) is 18.1. The van der Waals surface area contributed by atoms with E-state index in [1.54, 1.807) is 7.11 Å². The summed E-state index contributed by atoms with van der Waals surface area (Å²) >= 11 is 13.0. The SMILES string of the molecule is COc1ccccc1-n1nc(-c2c(Cl)cccc2Cl)c2c1NCCCC2. The molecule has 0 spiro atoms. The van der Waals surface area contributed by atoms with Gasteiger partial charge in [0, 0.05) is 17.7 Å². The lowest BCUT2D eigenvalue weighted by atomic mass is 10.0. The van der Waals surface area contributed by atoms with Crippen molar-refractivity contribution in [2.24, 2.45) is 0 Å². The Morgan fingerprint density at radius 3 is 2.58 bits per heavy atom. The molecule has 1 aromatic heterocycles. The van der Waals surface area contributed by atoms with E-state index < -0.39 is 0 Å². The molecule has 0 saturated carbocycles. The fourth-order valence-electron chi connectivity index (χ4n) is 3.41. The smallest absolute Gasteiger partial charge is 0.144 e. The summed E-state index contributed by atoms with van der Waals surface area (Å²) in [6.45, 7) is 0.906. The van der Waals surface area contributed by atoms with Gasteiger partial charge in [0.15, 0.2) is 0 Å². The Labute approximate surface area is 162 Å². The van der Waals surface area contributed by atoms with Crippen LogP contribution in [-0.4, -0.2) is 23.4 Å². The summed E-state index contributed by atoms with van der Waals surface area (Å²) in [4.78, 5) is 0. The first-order valence-electron chi connectivity index (χ1n) is 8.64. The number of rotatable bonds is 3. The summed E-state index contributed by atoms with van der Waals surface area (Å²) < 4.78 is 7.45. The lowest BCUT2D eigenvalue weighted by Gasteiger charge is -2.12. The monoisotopic (exact) mass is 387 g/mol. The van der Waals surface area contributed by atoms with E-state index in [0.717, 1.165) is 59.9 Å². The maximum atomic E-state index is 6.48. The third-order valence-electron chi connectivity index (χ3n) is 4.64. The molecule has 0 fully saturated rings. The van der Waals surface area contributed by atoms with E-state index in [1.807, 2.05) is 47.1 Å². The maximum Gasteiger partial charge on any atom is 0.144 e. The normalized spacial score (nSPS) is 13.7.